The summed E-state index contributed by atoms with van der Waals surface area (Å²) in [6.07, 6.45) is 1.70. The first-order valence-electron chi connectivity index (χ1n) is 8.78. The predicted molar refractivity (Wildman–Crippen MR) is 109 cm³/mol. The summed E-state index contributed by atoms with van der Waals surface area (Å²) in [5, 5.41) is 6.13. The van der Waals surface area contributed by atoms with Gasteiger partial charge in [-0.15, -0.1) is 0 Å². The Kier molecular flexibility index (Phi) is 5.05. The average Bonchev–Trinajstić information content (AvgIpc) is 3.07. The van der Waals surface area contributed by atoms with Crippen molar-refractivity contribution in [2.75, 3.05) is 10.6 Å². The maximum Gasteiger partial charge on any atom is 0.323 e. The van der Waals surface area contributed by atoms with E-state index in [0.717, 1.165) is 5.56 Å². The maximum atomic E-state index is 12.2. The number of fused-ring (bicyclic) bond motifs is 1. The lowest BCUT2D eigenvalue weighted by Gasteiger charge is -2.11. The highest BCUT2D eigenvalue weighted by Crippen LogP contribution is 2.37. The van der Waals surface area contributed by atoms with E-state index in [1.54, 1.807) is 54.7 Å². The number of anilines is 2. The molecule has 0 bridgehead atoms. The molecule has 8 heteroatoms. The number of aryl methyl sites for hydroxylation is 1. The number of urea groups is 1. The molecule has 29 heavy (non-hydrogen) atoms. The fourth-order valence-corrected chi connectivity index (χ4v) is 2.94. The van der Waals surface area contributed by atoms with Crippen LogP contribution in [0, 0.1) is 6.92 Å². The lowest BCUT2D eigenvalue weighted by molar-refractivity contribution is -0.131. The van der Waals surface area contributed by atoms with Crippen molar-refractivity contribution in [1.82, 2.24) is 4.98 Å². The molecular weight excluding hydrogens is 394 g/mol. The van der Waals surface area contributed by atoms with Crippen molar-refractivity contribution in [1.29, 1.82) is 0 Å². The molecule has 2 amide bonds. The third kappa shape index (κ3) is 4.30. The lowest BCUT2D eigenvalue weighted by Crippen LogP contribution is -2.19. The molecule has 3 aromatic rings. The van der Waals surface area contributed by atoms with Crippen molar-refractivity contribution >= 4 is 35.0 Å². The molecule has 0 saturated heterocycles. The fourth-order valence-electron chi connectivity index (χ4n) is 2.82. The highest BCUT2D eigenvalue weighted by atomic mass is 35.5. The second-order valence-corrected chi connectivity index (χ2v) is 6.81. The van der Waals surface area contributed by atoms with Crippen LogP contribution < -0.4 is 20.1 Å². The number of rotatable bonds is 4. The van der Waals surface area contributed by atoms with Gasteiger partial charge in [-0.1, -0.05) is 11.6 Å². The van der Waals surface area contributed by atoms with Gasteiger partial charge in [0.05, 0.1) is 12.1 Å². The normalized spacial score (nSPS) is 12.1. The summed E-state index contributed by atoms with van der Waals surface area (Å²) in [5.74, 6) is 0.931. The van der Waals surface area contributed by atoms with Crippen LogP contribution in [0.2, 0.25) is 5.02 Å². The highest BCUT2D eigenvalue weighted by molar-refractivity contribution is 6.31. The topological polar surface area (TPSA) is 89.6 Å². The number of esters is 1. The van der Waals surface area contributed by atoms with E-state index < -0.39 is 0 Å². The summed E-state index contributed by atoms with van der Waals surface area (Å²) in [4.78, 5) is 27.7. The van der Waals surface area contributed by atoms with Gasteiger partial charge in [0.2, 0.25) is 0 Å². The zero-order valence-electron chi connectivity index (χ0n) is 15.4. The van der Waals surface area contributed by atoms with Gasteiger partial charge in [0.15, 0.2) is 11.5 Å². The van der Waals surface area contributed by atoms with Crippen LogP contribution in [0.1, 0.15) is 11.3 Å². The number of halogens is 1. The molecule has 0 unspecified atom stereocenters. The van der Waals surface area contributed by atoms with E-state index in [1.807, 2.05) is 6.92 Å². The van der Waals surface area contributed by atoms with E-state index >= 15 is 0 Å². The van der Waals surface area contributed by atoms with E-state index in [-0.39, 0.29) is 18.4 Å². The summed E-state index contributed by atoms with van der Waals surface area (Å²) in [6, 6.07) is 13.3. The molecule has 1 aliphatic rings. The Morgan fingerprint density at radius 3 is 2.59 bits per heavy atom. The lowest BCUT2D eigenvalue weighted by atomic mass is 10.2. The number of carbonyl (C=O) groups excluding carboxylic acids is 2. The van der Waals surface area contributed by atoms with Gasteiger partial charge >= 0.3 is 12.0 Å². The molecule has 1 aromatic heterocycles. The number of nitrogens with zero attached hydrogens (tertiary/aromatic N) is 1. The molecule has 0 radical (unpaired) electrons. The molecule has 146 valence electrons. The minimum absolute atomic E-state index is 0.137. The quantitative estimate of drug-likeness (QED) is 0.595. The second-order valence-electron chi connectivity index (χ2n) is 6.41. The fraction of sp³-hybridized carbons (Fsp3) is 0.0952. The molecule has 7 nitrogen and oxygen atoms in total. The minimum Gasteiger partial charge on any atom is -0.453 e. The predicted octanol–water partition coefficient (Wildman–Crippen LogP) is 4.94. The third-order valence-corrected chi connectivity index (χ3v) is 4.65. The monoisotopic (exact) mass is 409 g/mol. The second kappa shape index (κ2) is 7.81. The molecule has 0 aliphatic carbocycles. The SMILES string of the molecule is Cc1cc(NC(=O)Nc2ccc(Oc3ccnc4c3OC(=O)C4)cc2)ccc1Cl. The van der Waals surface area contributed by atoms with Crippen LogP contribution in [-0.2, 0) is 11.2 Å². The van der Waals surface area contributed by atoms with Crippen LogP contribution in [-0.4, -0.2) is 17.0 Å². The average molecular weight is 410 g/mol. The van der Waals surface area contributed by atoms with E-state index in [4.69, 9.17) is 21.1 Å². The Morgan fingerprint density at radius 1 is 1.10 bits per heavy atom. The molecule has 2 N–H and O–H groups in total. The van der Waals surface area contributed by atoms with Gasteiger partial charge in [-0.3, -0.25) is 9.78 Å². The van der Waals surface area contributed by atoms with Crippen molar-refractivity contribution in [2.45, 2.75) is 13.3 Å². The number of pyridine rings is 1. The molecule has 2 heterocycles. The van der Waals surface area contributed by atoms with E-state index in [9.17, 15) is 9.59 Å². The van der Waals surface area contributed by atoms with Crippen LogP contribution in [0.5, 0.6) is 17.2 Å². The van der Waals surface area contributed by atoms with Gasteiger partial charge in [0, 0.05) is 28.7 Å². The molecule has 0 spiro atoms. The van der Waals surface area contributed by atoms with Crippen LogP contribution >= 0.6 is 11.6 Å². The number of nitrogens with one attached hydrogen (secondary N) is 2. The Morgan fingerprint density at radius 2 is 1.83 bits per heavy atom. The van der Waals surface area contributed by atoms with Gasteiger partial charge in [0.1, 0.15) is 5.75 Å². The first-order valence-corrected chi connectivity index (χ1v) is 9.16. The summed E-state index contributed by atoms with van der Waals surface area (Å²) in [7, 11) is 0. The number of ether oxygens (including phenoxy) is 2. The molecule has 4 rings (SSSR count). The van der Waals surface area contributed by atoms with E-state index in [1.165, 1.54) is 0 Å². The minimum atomic E-state index is -0.376. The van der Waals surface area contributed by atoms with E-state index in [0.29, 0.717) is 39.3 Å². The smallest absolute Gasteiger partial charge is 0.323 e. The van der Waals surface area contributed by atoms with E-state index in [2.05, 4.69) is 15.6 Å². The molecule has 1 aliphatic heterocycles. The summed E-state index contributed by atoms with van der Waals surface area (Å²) in [6.45, 7) is 1.86. The van der Waals surface area contributed by atoms with Gasteiger partial charge in [-0.05, 0) is 55.0 Å². The van der Waals surface area contributed by atoms with Crippen molar-refractivity contribution in [3.8, 4) is 17.2 Å². The first-order chi connectivity index (χ1) is 14.0. The molecular formula is C21H16ClN3O4. The van der Waals surface area contributed by atoms with Crippen molar-refractivity contribution in [2.24, 2.45) is 0 Å². The van der Waals surface area contributed by atoms with Crippen molar-refractivity contribution < 1.29 is 19.1 Å². The summed E-state index contributed by atoms with van der Waals surface area (Å²) in [5.41, 5.74) is 2.66. The molecule has 0 saturated carbocycles. The maximum absolute atomic E-state index is 12.2. The molecule has 0 atom stereocenters. The van der Waals surface area contributed by atoms with Crippen LogP contribution in [0.3, 0.4) is 0 Å². The van der Waals surface area contributed by atoms with Crippen LogP contribution in [0.25, 0.3) is 0 Å². The number of hydrogen-bond acceptors (Lipinski definition) is 5. The number of benzene rings is 2. The number of carbonyl (C=O) groups is 2. The Labute approximate surface area is 171 Å². The van der Waals surface area contributed by atoms with Crippen LogP contribution in [0.4, 0.5) is 16.2 Å². The molecule has 0 fully saturated rings. The first kappa shape index (κ1) is 18.8. The van der Waals surface area contributed by atoms with Crippen molar-refractivity contribution in [3.05, 3.63) is 71.0 Å². The number of aromatic nitrogens is 1. The van der Waals surface area contributed by atoms with Gasteiger partial charge < -0.3 is 20.1 Å². The summed E-state index contributed by atoms with van der Waals surface area (Å²) < 4.78 is 11.0. The van der Waals surface area contributed by atoms with Crippen molar-refractivity contribution in [3.63, 3.8) is 0 Å². The number of amides is 2. The Bertz CT molecular complexity index is 1100. The summed E-state index contributed by atoms with van der Waals surface area (Å²) >= 11 is 5.99. The zero-order valence-corrected chi connectivity index (χ0v) is 16.1. The number of hydrogen-bond donors (Lipinski definition) is 2. The van der Waals surface area contributed by atoms with Gasteiger partial charge in [-0.2, -0.15) is 0 Å². The Hall–Kier alpha value is -3.58. The zero-order chi connectivity index (χ0) is 20.4. The highest BCUT2D eigenvalue weighted by Gasteiger charge is 2.25. The van der Waals surface area contributed by atoms with Gasteiger partial charge in [-0.25, -0.2) is 4.79 Å². The third-order valence-electron chi connectivity index (χ3n) is 4.23. The van der Waals surface area contributed by atoms with Gasteiger partial charge in [0.25, 0.3) is 0 Å². The largest absolute Gasteiger partial charge is 0.453 e. The Balaban J connectivity index is 1.39. The van der Waals surface area contributed by atoms with Crippen LogP contribution in [0.15, 0.2) is 54.7 Å². The standard InChI is InChI=1S/C21H16ClN3O4/c1-12-10-14(4-7-16(12)22)25-21(27)24-13-2-5-15(6-3-13)28-18-8-9-23-17-11-19(26)29-20(17)18/h2-10H,11H2,1H3,(H2,24,25,27). The molecule has 2 aromatic carbocycles.